The summed E-state index contributed by atoms with van der Waals surface area (Å²) in [6.45, 7) is -6.25. The summed E-state index contributed by atoms with van der Waals surface area (Å²) in [5.74, 6) is -1.46. The fourth-order valence-electron chi connectivity index (χ4n) is 3.27. The van der Waals surface area contributed by atoms with Crippen molar-refractivity contribution in [2.75, 3.05) is 4.90 Å². The van der Waals surface area contributed by atoms with Crippen LogP contribution in [0.1, 0.15) is 4.88 Å². The lowest BCUT2D eigenvalue weighted by molar-refractivity contribution is -0.0692. The first kappa shape index (κ1) is 23.2. The Labute approximate surface area is 193 Å². The Kier molecular flexibility index (Phi) is 6.72. The van der Waals surface area contributed by atoms with Crippen LogP contribution in [-0.4, -0.2) is 33.3 Å². The highest BCUT2D eigenvalue weighted by atomic mass is 32.1. The molecule has 13 heteroatoms. The number of thiazole rings is 1. The Morgan fingerprint density at radius 2 is 1.74 bits per heavy atom. The molecule has 2 heterocycles. The number of anilines is 2. The van der Waals surface area contributed by atoms with Crippen LogP contribution in [0.2, 0.25) is 0 Å². The molecule has 0 aliphatic carbocycles. The first-order valence-corrected chi connectivity index (χ1v) is 10.5. The van der Waals surface area contributed by atoms with Gasteiger partial charge in [-0.3, -0.25) is 9.97 Å². The molecule has 0 saturated heterocycles. The smallest absolute Gasteiger partial charge is 0.387 e. The van der Waals surface area contributed by atoms with Gasteiger partial charge < -0.3 is 24.5 Å². The molecule has 0 amide bonds. The number of nitrogens with zero attached hydrogens (tertiary/aromatic N) is 2. The van der Waals surface area contributed by atoms with Crippen LogP contribution in [0.5, 0.6) is 17.4 Å². The van der Waals surface area contributed by atoms with E-state index in [1.165, 1.54) is 17.4 Å². The van der Waals surface area contributed by atoms with E-state index < -0.39 is 30.4 Å². The molecule has 0 atom stereocenters. The van der Waals surface area contributed by atoms with Crippen molar-refractivity contribution in [3.63, 3.8) is 0 Å². The second kappa shape index (κ2) is 9.87. The van der Waals surface area contributed by atoms with Gasteiger partial charge in [-0.05, 0) is 24.3 Å². The molecule has 0 aliphatic heterocycles. The molecular formula is C21H16F4N4O4S. The number of nitrogens with one attached hydrogen (secondary N) is 2. The van der Waals surface area contributed by atoms with Crippen LogP contribution in [-0.2, 0) is 6.54 Å². The van der Waals surface area contributed by atoms with Crippen molar-refractivity contribution in [2.24, 2.45) is 0 Å². The third-order valence-corrected chi connectivity index (χ3v) is 5.39. The molecule has 2 aromatic carbocycles. The summed E-state index contributed by atoms with van der Waals surface area (Å²) in [4.78, 5) is 22.8. The molecule has 178 valence electrons. The van der Waals surface area contributed by atoms with Crippen LogP contribution in [0.15, 0.2) is 59.0 Å². The number of hydrogen-bond acceptors (Lipinski definition) is 7. The zero-order valence-electron chi connectivity index (χ0n) is 17.0. The highest BCUT2D eigenvalue weighted by Gasteiger charge is 2.20. The number of ether oxygens (including phenoxy) is 2. The maximum atomic E-state index is 12.9. The van der Waals surface area contributed by atoms with Gasteiger partial charge in [-0.1, -0.05) is 12.1 Å². The van der Waals surface area contributed by atoms with E-state index in [0.717, 1.165) is 17.0 Å². The van der Waals surface area contributed by atoms with Crippen molar-refractivity contribution in [2.45, 2.75) is 19.8 Å². The number of halogens is 4. The highest BCUT2D eigenvalue weighted by Crippen LogP contribution is 2.38. The Balaban J connectivity index is 1.79. The normalized spacial score (nSPS) is 11.2. The van der Waals surface area contributed by atoms with E-state index in [1.54, 1.807) is 40.9 Å². The van der Waals surface area contributed by atoms with Gasteiger partial charge in [-0.25, -0.2) is 4.79 Å². The Hall–Kier alpha value is -4.00. The molecular weight excluding hydrogens is 480 g/mol. The van der Waals surface area contributed by atoms with E-state index in [4.69, 9.17) is 0 Å². The van der Waals surface area contributed by atoms with Gasteiger partial charge in [-0.15, -0.1) is 11.3 Å². The van der Waals surface area contributed by atoms with Gasteiger partial charge >= 0.3 is 18.9 Å². The van der Waals surface area contributed by atoms with Gasteiger partial charge in [0.1, 0.15) is 5.69 Å². The van der Waals surface area contributed by atoms with Crippen LogP contribution < -0.4 is 20.1 Å². The van der Waals surface area contributed by atoms with E-state index in [2.05, 4.69) is 24.4 Å². The molecule has 0 fully saturated rings. The molecule has 0 saturated carbocycles. The summed E-state index contributed by atoms with van der Waals surface area (Å²) in [5, 5.41) is 9.99. The average molecular weight is 496 g/mol. The number of imidazole rings is 1. The number of H-pyrrole nitrogens is 2. The number of aromatic amines is 2. The number of benzene rings is 2. The summed E-state index contributed by atoms with van der Waals surface area (Å²) in [6.07, 6.45) is 1.63. The molecule has 0 unspecified atom stereocenters. The van der Waals surface area contributed by atoms with Crippen LogP contribution in [0.4, 0.5) is 28.9 Å². The molecule has 8 nitrogen and oxygen atoms in total. The summed E-state index contributed by atoms with van der Waals surface area (Å²) < 4.78 is 60.0. The van der Waals surface area contributed by atoms with Gasteiger partial charge in [0.15, 0.2) is 11.5 Å². The van der Waals surface area contributed by atoms with Crippen molar-refractivity contribution in [3.8, 4) is 28.6 Å². The Bertz CT molecular complexity index is 1310. The molecule has 4 aromatic rings. The molecule has 0 spiro atoms. The fraction of sp³-hybridized carbons (Fsp3) is 0.143. The lowest BCUT2D eigenvalue weighted by Gasteiger charge is -2.26. The lowest BCUT2D eigenvalue weighted by Crippen LogP contribution is -2.16. The van der Waals surface area contributed by atoms with Gasteiger partial charge in [0.25, 0.3) is 0 Å². The summed E-state index contributed by atoms with van der Waals surface area (Å²) in [7, 11) is 0. The molecule has 0 radical (unpaired) electrons. The highest BCUT2D eigenvalue weighted by molar-refractivity contribution is 7.09. The molecule has 4 rings (SSSR count). The molecule has 0 aliphatic rings. The van der Waals surface area contributed by atoms with E-state index >= 15 is 0 Å². The van der Waals surface area contributed by atoms with E-state index in [-0.39, 0.29) is 18.1 Å². The van der Waals surface area contributed by atoms with Gasteiger partial charge in [0, 0.05) is 34.1 Å². The molecule has 0 bridgehead atoms. The summed E-state index contributed by atoms with van der Waals surface area (Å²) in [5.41, 5.74) is 2.52. The predicted molar refractivity (Wildman–Crippen MR) is 116 cm³/mol. The quantitative estimate of drug-likeness (QED) is 0.280. The SMILES string of the molecule is O=c1[nH]c(O)c(-c2cccc(N(Cc3cncs3)c3ccc(OC(F)F)c(OC(F)F)c3)c2)[nH]1. The van der Waals surface area contributed by atoms with Crippen molar-refractivity contribution in [3.05, 3.63) is 69.5 Å². The number of rotatable bonds is 9. The minimum absolute atomic E-state index is 0.159. The van der Waals surface area contributed by atoms with E-state index in [9.17, 15) is 27.5 Å². The van der Waals surface area contributed by atoms with Crippen molar-refractivity contribution >= 4 is 22.7 Å². The predicted octanol–water partition coefficient (Wildman–Crippen LogP) is 5.07. The first-order chi connectivity index (χ1) is 16.3. The van der Waals surface area contributed by atoms with Crippen molar-refractivity contribution < 1.29 is 32.1 Å². The van der Waals surface area contributed by atoms with Crippen molar-refractivity contribution in [1.29, 1.82) is 0 Å². The zero-order valence-corrected chi connectivity index (χ0v) is 17.9. The van der Waals surface area contributed by atoms with E-state index in [0.29, 0.717) is 16.9 Å². The number of aromatic hydroxyl groups is 1. The fourth-order valence-corrected chi connectivity index (χ4v) is 3.85. The second-order valence-electron chi connectivity index (χ2n) is 6.79. The van der Waals surface area contributed by atoms with Crippen molar-refractivity contribution in [1.82, 2.24) is 15.0 Å². The zero-order chi connectivity index (χ0) is 24.2. The lowest BCUT2D eigenvalue weighted by atomic mass is 10.1. The number of aromatic nitrogens is 3. The largest absolute Gasteiger partial charge is 0.493 e. The monoisotopic (exact) mass is 496 g/mol. The summed E-state index contributed by atoms with van der Waals surface area (Å²) >= 11 is 1.35. The van der Waals surface area contributed by atoms with Crippen LogP contribution in [0.25, 0.3) is 11.3 Å². The number of hydrogen-bond donors (Lipinski definition) is 3. The van der Waals surface area contributed by atoms with Gasteiger partial charge in [-0.2, -0.15) is 17.6 Å². The second-order valence-corrected chi connectivity index (χ2v) is 7.77. The van der Waals surface area contributed by atoms with Crippen LogP contribution in [0.3, 0.4) is 0 Å². The Morgan fingerprint density at radius 3 is 2.38 bits per heavy atom. The number of alkyl halides is 4. The summed E-state index contributed by atoms with van der Waals surface area (Å²) in [6, 6.07) is 10.4. The molecule has 2 aromatic heterocycles. The minimum Gasteiger partial charge on any atom is -0.493 e. The maximum absolute atomic E-state index is 12.9. The van der Waals surface area contributed by atoms with Crippen LogP contribution in [0, 0.1) is 0 Å². The standard InChI is InChI=1S/C21H16F4N4O4S/c22-19(23)32-15-5-4-13(7-16(15)33-20(24)25)29(9-14-8-26-10-34-14)12-3-1-2-11(6-12)17-18(30)28-21(31)27-17/h1-8,10,19-20,30H,9H2,(H2,27,28,31). The van der Waals surface area contributed by atoms with Crippen LogP contribution >= 0.6 is 11.3 Å². The molecule has 3 N–H and O–H groups in total. The topological polar surface area (TPSA) is 103 Å². The first-order valence-electron chi connectivity index (χ1n) is 9.60. The minimum atomic E-state index is -3.26. The molecule has 34 heavy (non-hydrogen) atoms. The van der Waals surface area contributed by atoms with E-state index in [1.807, 2.05) is 0 Å². The maximum Gasteiger partial charge on any atom is 0.387 e. The van der Waals surface area contributed by atoms with Gasteiger partial charge in [0.05, 0.1) is 12.1 Å². The average Bonchev–Trinajstić information content (AvgIpc) is 3.41. The third-order valence-electron chi connectivity index (χ3n) is 4.62. The Morgan fingerprint density at radius 1 is 1.00 bits per heavy atom. The van der Waals surface area contributed by atoms with Gasteiger partial charge in [0.2, 0.25) is 5.88 Å². The third kappa shape index (κ3) is 5.31.